The normalized spacial score (nSPS) is 11.0. The van der Waals surface area contributed by atoms with Gasteiger partial charge in [0.1, 0.15) is 5.75 Å². The van der Waals surface area contributed by atoms with E-state index in [2.05, 4.69) is 17.4 Å². The maximum absolute atomic E-state index is 12.3. The predicted molar refractivity (Wildman–Crippen MR) is 99.4 cm³/mol. The van der Waals surface area contributed by atoms with E-state index in [1.54, 1.807) is 25.3 Å². The van der Waals surface area contributed by atoms with E-state index < -0.39 is 0 Å². The van der Waals surface area contributed by atoms with Crippen LogP contribution in [0.2, 0.25) is 0 Å². The fourth-order valence-electron chi connectivity index (χ4n) is 2.43. The Bertz CT molecular complexity index is 733. The molecular weight excluding hydrogens is 314 g/mol. The maximum atomic E-state index is 12.3. The summed E-state index contributed by atoms with van der Waals surface area (Å²) in [5.41, 5.74) is 2.17. The summed E-state index contributed by atoms with van der Waals surface area (Å²) in [5, 5.41) is 2.82. The number of ketones is 1. The van der Waals surface area contributed by atoms with Crippen molar-refractivity contribution in [2.24, 2.45) is 0 Å². The van der Waals surface area contributed by atoms with Crippen LogP contribution in [0.1, 0.15) is 24.5 Å². The highest BCUT2D eigenvalue weighted by Gasteiger charge is 2.13. The molecule has 2 rings (SSSR count). The number of carbonyl (C=O) groups is 2. The molecule has 2 aromatic rings. The summed E-state index contributed by atoms with van der Waals surface area (Å²) in [5.74, 6) is 0.139. The Morgan fingerprint density at radius 2 is 1.72 bits per heavy atom. The van der Waals surface area contributed by atoms with Crippen molar-refractivity contribution >= 4 is 17.8 Å². The van der Waals surface area contributed by atoms with Crippen LogP contribution < -0.4 is 10.1 Å². The smallest absolute Gasteiger partial charge is 0.254 e. The van der Waals surface area contributed by atoms with Crippen molar-refractivity contribution in [3.05, 3.63) is 71.3 Å². The van der Waals surface area contributed by atoms with Gasteiger partial charge in [0.05, 0.1) is 12.7 Å². The summed E-state index contributed by atoms with van der Waals surface area (Å²) in [6, 6.07) is 17.3. The molecule has 1 N–H and O–H groups in total. The molecule has 0 radical (unpaired) electrons. The third-order valence-corrected chi connectivity index (χ3v) is 3.82. The molecule has 0 aliphatic carbocycles. The zero-order valence-electron chi connectivity index (χ0n) is 14.6. The van der Waals surface area contributed by atoms with Gasteiger partial charge in [-0.05, 0) is 49.1 Å². The molecule has 0 atom stereocenters. The molecular formula is C21H23NO3. The van der Waals surface area contributed by atoms with E-state index in [1.165, 1.54) is 12.5 Å². The quantitative estimate of drug-likeness (QED) is 0.347. The third kappa shape index (κ3) is 5.92. The molecule has 0 bridgehead atoms. The molecule has 25 heavy (non-hydrogen) atoms. The van der Waals surface area contributed by atoms with Crippen LogP contribution in [0.5, 0.6) is 5.75 Å². The van der Waals surface area contributed by atoms with E-state index in [4.69, 9.17) is 4.74 Å². The van der Waals surface area contributed by atoms with E-state index in [0.717, 1.165) is 24.2 Å². The highest BCUT2D eigenvalue weighted by Crippen LogP contribution is 2.14. The number of hydrogen-bond donors (Lipinski definition) is 1. The zero-order valence-corrected chi connectivity index (χ0v) is 14.6. The van der Waals surface area contributed by atoms with Gasteiger partial charge in [0.25, 0.3) is 5.91 Å². The van der Waals surface area contributed by atoms with Crippen LogP contribution in [0.4, 0.5) is 0 Å². The van der Waals surface area contributed by atoms with Gasteiger partial charge >= 0.3 is 0 Å². The third-order valence-electron chi connectivity index (χ3n) is 3.82. The lowest BCUT2D eigenvalue weighted by Gasteiger charge is -2.07. The molecule has 4 nitrogen and oxygen atoms in total. The highest BCUT2D eigenvalue weighted by molar-refractivity contribution is 6.21. The molecule has 130 valence electrons. The van der Waals surface area contributed by atoms with Gasteiger partial charge in [0.15, 0.2) is 5.78 Å². The van der Waals surface area contributed by atoms with Gasteiger partial charge in [-0.25, -0.2) is 0 Å². The second-order valence-electron chi connectivity index (χ2n) is 5.73. The zero-order chi connectivity index (χ0) is 18.1. The number of ether oxygens (including phenoxy) is 1. The summed E-state index contributed by atoms with van der Waals surface area (Å²) in [6.07, 6.45) is 3.32. The van der Waals surface area contributed by atoms with Gasteiger partial charge in [-0.1, -0.05) is 42.5 Å². The van der Waals surface area contributed by atoms with Crippen LogP contribution >= 0.6 is 0 Å². The summed E-state index contributed by atoms with van der Waals surface area (Å²) in [4.78, 5) is 24.1. The van der Waals surface area contributed by atoms with Gasteiger partial charge in [-0.2, -0.15) is 0 Å². The van der Waals surface area contributed by atoms with E-state index in [-0.39, 0.29) is 17.3 Å². The fraction of sp³-hybridized carbons (Fsp3) is 0.238. The van der Waals surface area contributed by atoms with Crippen molar-refractivity contribution in [3.63, 3.8) is 0 Å². The number of nitrogens with one attached hydrogen (secondary N) is 1. The first-order valence-corrected chi connectivity index (χ1v) is 8.29. The first kappa shape index (κ1) is 18.5. The summed E-state index contributed by atoms with van der Waals surface area (Å²) in [6.45, 7) is 1.93. The molecule has 0 unspecified atom stereocenters. The van der Waals surface area contributed by atoms with E-state index in [9.17, 15) is 9.59 Å². The Kier molecular flexibility index (Phi) is 6.96. The standard InChI is InChI=1S/C21H23NO3/c1-16(23)20(15-18-10-12-19(25-2)13-11-18)21(24)22-14-6-9-17-7-4-3-5-8-17/h3-5,7-8,10-13,15H,6,9,14H2,1-2H3,(H,22,24). The Hall–Kier alpha value is -2.88. The van der Waals surface area contributed by atoms with Crippen molar-refractivity contribution in [1.82, 2.24) is 5.32 Å². The number of amides is 1. The van der Waals surface area contributed by atoms with E-state index in [1.807, 2.05) is 30.3 Å². The number of hydrogen-bond acceptors (Lipinski definition) is 3. The number of benzene rings is 2. The van der Waals surface area contributed by atoms with Crippen LogP contribution in [0, 0.1) is 0 Å². The van der Waals surface area contributed by atoms with Crippen LogP contribution in [0.3, 0.4) is 0 Å². The summed E-state index contributed by atoms with van der Waals surface area (Å²) >= 11 is 0. The second-order valence-corrected chi connectivity index (χ2v) is 5.73. The molecule has 0 spiro atoms. The second kappa shape index (κ2) is 9.42. The molecule has 0 fully saturated rings. The largest absolute Gasteiger partial charge is 0.497 e. The molecule has 0 aliphatic heterocycles. The lowest BCUT2D eigenvalue weighted by Crippen LogP contribution is -2.28. The molecule has 2 aromatic carbocycles. The maximum Gasteiger partial charge on any atom is 0.254 e. The monoisotopic (exact) mass is 337 g/mol. The summed E-state index contributed by atoms with van der Waals surface area (Å²) < 4.78 is 5.10. The lowest BCUT2D eigenvalue weighted by molar-refractivity contribution is -0.121. The van der Waals surface area contributed by atoms with Gasteiger partial charge in [-0.15, -0.1) is 0 Å². The first-order valence-electron chi connectivity index (χ1n) is 8.29. The minimum atomic E-state index is -0.337. The predicted octanol–water partition coefficient (Wildman–Crippen LogP) is 3.42. The fourth-order valence-corrected chi connectivity index (χ4v) is 2.43. The Balaban J connectivity index is 1.93. The number of methoxy groups -OCH3 is 1. The van der Waals surface area contributed by atoms with E-state index in [0.29, 0.717) is 6.54 Å². The molecule has 0 saturated heterocycles. The Morgan fingerprint density at radius 1 is 1.04 bits per heavy atom. The Morgan fingerprint density at radius 3 is 2.32 bits per heavy atom. The van der Waals surface area contributed by atoms with Gasteiger partial charge in [-0.3, -0.25) is 9.59 Å². The number of aryl methyl sites for hydroxylation is 1. The minimum Gasteiger partial charge on any atom is -0.497 e. The van der Waals surface area contributed by atoms with Gasteiger partial charge < -0.3 is 10.1 Å². The van der Waals surface area contributed by atoms with Crippen molar-refractivity contribution < 1.29 is 14.3 Å². The summed E-state index contributed by atoms with van der Waals surface area (Å²) in [7, 11) is 1.59. The molecule has 0 saturated carbocycles. The van der Waals surface area contributed by atoms with Crippen molar-refractivity contribution in [2.75, 3.05) is 13.7 Å². The highest BCUT2D eigenvalue weighted by atomic mass is 16.5. The molecule has 0 heterocycles. The topological polar surface area (TPSA) is 55.4 Å². The van der Waals surface area contributed by atoms with Crippen molar-refractivity contribution in [1.29, 1.82) is 0 Å². The van der Waals surface area contributed by atoms with Gasteiger partial charge in [0.2, 0.25) is 0 Å². The Labute approximate surface area is 148 Å². The number of Topliss-reactive ketones (excluding diaryl/α,β-unsaturated/α-hetero) is 1. The average Bonchev–Trinajstić information content (AvgIpc) is 2.64. The number of carbonyl (C=O) groups excluding carboxylic acids is 2. The minimum absolute atomic E-state index is 0.157. The van der Waals surface area contributed by atoms with Crippen LogP contribution in [-0.2, 0) is 16.0 Å². The van der Waals surface area contributed by atoms with E-state index >= 15 is 0 Å². The van der Waals surface area contributed by atoms with Crippen molar-refractivity contribution in [3.8, 4) is 5.75 Å². The molecule has 1 amide bonds. The molecule has 4 heteroatoms. The molecule has 0 aliphatic rings. The molecule has 0 aromatic heterocycles. The SMILES string of the molecule is COc1ccc(C=C(C(C)=O)C(=O)NCCCc2ccccc2)cc1. The van der Waals surface area contributed by atoms with Crippen LogP contribution in [0.25, 0.3) is 6.08 Å². The van der Waals surface area contributed by atoms with Crippen molar-refractivity contribution in [2.45, 2.75) is 19.8 Å². The van der Waals surface area contributed by atoms with Crippen LogP contribution in [-0.4, -0.2) is 25.3 Å². The first-order chi connectivity index (χ1) is 12.1. The average molecular weight is 337 g/mol. The van der Waals surface area contributed by atoms with Crippen LogP contribution in [0.15, 0.2) is 60.2 Å². The number of rotatable bonds is 8. The van der Waals surface area contributed by atoms with Gasteiger partial charge in [0, 0.05) is 6.54 Å². The lowest BCUT2D eigenvalue weighted by atomic mass is 10.1.